The molecule has 0 bridgehead atoms. The Hall–Kier alpha value is -3.41. The van der Waals surface area contributed by atoms with E-state index >= 15 is 4.39 Å². The van der Waals surface area contributed by atoms with E-state index in [1.54, 1.807) is 25.4 Å². The maximum Gasteiger partial charge on any atom is 0.308 e. The van der Waals surface area contributed by atoms with Crippen LogP contribution >= 0.6 is 0 Å². The Morgan fingerprint density at radius 3 is 2.72 bits per heavy atom. The van der Waals surface area contributed by atoms with E-state index in [-0.39, 0.29) is 23.8 Å². The summed E-state index contributed by atoms with van der Waals surface area (Å²) in [6, 6.07) is 14.8. The summed E-state index contributed by atoms with van der Waals surface area (Å²) in [5, 5.41) is 0. The zero-order valence-corrected chi connectivity index (χ0v) is 18.4. The largest absolute Gasteiger partial charge is 0.485 e. The maximum absolute atomic E-state index is 15.1. The van der Waals surface area contributed by atoms with Crippen molar-refractivity contribution in [2.45, 2.75) is 32.3 Å². The Morgan fingerprint density at radius 1 is 1.16 bits per heavy atom. The van der Waals surface area contributed by atoms with Gasteiger partial charge in [-0.3, -0.25) is 4.79 Å². The first-order chi connectivity index (χ1) is 15.5. The number of aryl methyl sites for hydroxylation is 1. The number of esters is 1. The lowest BCUT2D eigenvalue weighted by Crippen LogP contribution is -2.18. The minimum atomic E-state index is -0.364. The Balaban J connectivity index is 1.54. The molecule has 0 N–H and O–H groups in total. The summed E-state index contributed by atoms with van der Waals surface area (Å²) in [5.74, 6) is 0.446. The molecule has 1 unspecified atom stereocenters. The molecule has 2 aromatic carbocycles. The molecule has 1 aliphatic rings. The number of pyridine rings is 1. The van der Waals surface area contributed by atoms with Crippen molar-refractivity contribution in [3.8, 4) is 22.8 Å². The van der Waals surface area contributed by atoms with Crippen LogP contribution < -0.4 is 9.47 Å². The van der Waals surface area contributed by atoms with E-state index in [1.807, 2.05) is 37.3 Å². The average molecular weight is 435 g/mol. The molecule has 1 aliphatic heterocycles. The van der Waals surface area contributed by atoms with Crippen LogP contribution in [0.15, 0.2) is 54.7 Å². The van der Waals surface area contributed by atoms with Crippen LogP contribution in [-0.2, 0) is 22.4 Å². The van der Waals surface area contributed by atoms with Gasteiger partial charge in [0.1, 0.15) is 17.7 Å². The SMILES string of the molecule is COC(=O)[C@@H](C)Cc1ccc2c(c1)OC(c1ccc(-c3ccnc(OC)c3)cc1F)CC2. The van der Waals surface area contributed by atoms with Crippen LogP contribution in [0.4, 0.5) is 4.39 Å². The van der Waals surface area contributed by atoms with Crippen molar-refractivity contribution in [2.75, 3.05) is 14.2 Å². The van der Waals surface area contributed by atoms with Gasteiger partial charge in [-0.15, -0.1) is 0 Å². The monoisotopic (exact) mass is 435 g/mol. The van der Waals surface area contributed by atoms with Crippen LogP contribution in [0.2, 0.25) is 0 Å². The smallest absolute Gasteiger partial charge is 0.308 e. The third-order valence-corrected chi connectivity index (χ3v) is 5.85. The summed E-state index contributed by atoms with van der Waals surface area (Å²) in [6.45, 7) is 1.84. The quantitative estimate of drug-likeness (QED) is 0.491. The standard InChI is InChI=1S/C26H26FNO4/c1-16(26(29)31-3)12-17-4-5-18-7-9-23(32-24(18)13-17)21-8-6-19(14-22(21)27)20-10-11-28-25(15-20)30-2/h4-6,8,10-11,13-16,23H,7,9,12H2,1-3H3/t16-,23?/m0/s1. The van der Waals surface area contributed by atoms with E-state index in [2.05, 4.69) is 4.98 Å². The number of carbonyl (C=O) groups is 1. The zero-order chi connectivity index (χ0) is 22.7. The molecule has 0 saturated heterocycles. The van der Waals surface area contributed by atoms with Gasteiger partial charge in [0.2, 0.25) is 5.88 Å². The van der Waals surface area contributed by atoms with E-state index < -0.39 is 0 Å². The third kappa shape index (κ3) is 4.59. The number of ether oxygens (including phenoxy) is 3. The van der Waals surface area contributed by atoms with Crippen LogP contribution in [0.1, 0.15) is 36.1 Å². The summed E-state index contributed by atoms with van der Waals surface area (Å²) in [6.07, 6.45) is 3.34. The molecule has 166 valence electrons. The van der Waals surface area contributed by atoms with E-state index in [0.29, 0.717) is 24.3 Å². The number of methoxy groups -OCH3 is 2. The first-order valence-electron chi connectivity index (χ1n) is 10.6. The van der Waals surface area contributed by atoms with Gasteiger partial charge in [0.25, 0.3) is 0 Å². The first-order valence-corrected chi connectivity index (χ1v) is 10.6. The van der Waals surface area contributed by atoms with Crippen molar-refractivity contribution in [1.29, 1.82) is 0 Å². The van der Waals surface area contributed by atoms with Crippen LogP contribution in [0.5, 0.6) is 11.6 Å². The molecule has 3 aromatic rings. The van der Waals surface area contributed by atoms with E-state index in [4.69, 9.17) is 14.2 Å². The highest BCUT2D eigenvalue weighted by atomic mass is 19.1. The lowest BCUT2D eigenvalue weighted by molar-refractivity contribution is -0.144. The van der Waals surface area contributed by atoms with Gasteiger partial charge in [0.15, 0.2) is 0 Å². The fraction of sp³-hybridized carbons (Fsp3) is 0.308. The summed E-state index contributed by atoms with van der Waals surface area (Å²) in [7, 11) is 2.94. The second kappa shape index (κ2) is 9.39. The van der Waals surface area contributed by atoms with Gasteiger partial charge >= 0.3 is 5.97 Å². The van der Waals surface area contributed by atoms with E-state index in [1.165, 1.54) is 13.2 Å². The minimum absolute atomic E-state index is 0.240. The number of aromatic nitrogens is 1. The average Bonchev–Trinajstić information content (AvgIpc) is 2.83. The topological polar surface area (TPSA) is 57.7 Å². The molecule has 32 heavy (non-hydrogen) atoms. The van der Waals surface area contributed by atoms with Gasteiger partial charge < -0.3 is 14.2 Å². The number of benzene rings is 2. The third-order valence-electron chi connectivity index (χ3n) is 5.85. The molecule has 1 aromatic heterocycles. The van der Waals surface area contributed by atoms with Crippen molar-refractivity contribution in [2.24, 2.45) is 5.92 Å². The minimum Gasteiger partial charge on any atom is -0.485 e. The van der Waals surface area contributed by atoms with Crippen LogP contribution in [-0.4, -0.2) is 25.2 Å². The Kier molecular flexibility index (Phi) is 6.40. The van der Waals surface area contributed by atoms with E-state index in [9.17, 15) is 4.79 Å². The number of hydrogen-bond acceptors (Lipinski definition) is 5. The molecule has 0 amide bonds. The normalized spacial score (nSPS) is 15.9. The maximum atomic E-state index is 15.1. The van der Waals surface area contributed by atoms with Gasteiger partial charge in [-0.2, -0.15) is 0 Å². The van der Waals surface area contributed by atoms with Crippen molar-refractivity contribution in [3.05, 3.63) is 77.2 Å². The number of rotatable bonds is 6. The van der Waals surface area contributed by atoms with Crippen molar-refractivity contribution in [3.63, 3.8) is 0 Å². The molecule has 0 saturated carbocycles. The van der Waals surface area contributed by atoms with Crippen LogP contribution in [0.3, 0.4) is 0 Å². The van der Waals surface area contributed by atoms with Gasteiger partial charge in [-0.1, -0.05) is 31.2 Å². The Morgan fingerprint density at radius 2 is 1.97 bits per heavy atom. The Bertz CT molecular complexity index is 1130. The summed E-state index contributed by atoms with van der Waals surface area (Å²) in [5.41, 5.74) is 4.21. The molecule has 0 radical (unpaired) electrons. The molecule has 2 atom stereocenters. The number of fused-ring (bicyclic) bond motifs is 1. The van der Waals surface area contributed by atoms with Crippen molar-refractivity contribution in [1.82, 2.24) is 4.98 Å². The number of nitrogens with zero attached hydrogens (tertiary/aromatic N) is 1. The highest BCUT2D eigenvalue weighted by Gasteiger charge is 2.25. The molecule has 0 aliphatic carbocycles. The first kappa shape index (κ1) is 21.8. The lowest BCUT2D eigenvalue weighted by Gasteiger charge is -2.27. The molecular formula is C26H26FNO4. The fourth-order valence-electron chi connectivity index (χ4n) is 4.07. The molecule has 5 nitrogen and oxygen atoms in total. The molecule has 4 rings (SSSR count). The zero-order valence-electron chi connectivity index (χ0n) is 18.4. The van der Waals surface area contributed by atoms with Gasteiger partial charge in [-0.25, -0.2) is 9.37 Å². The summed E-state index contributed by atoms with van der Waals surface area (Å²) >= 11 is 0. The van der Waals surface area contributed by atoms with Crippen LogP contribution in [0, 0.1) is 11.7 Å². The van der Waals surface area contributed by atoms with E-state index in [0.717, 1.165) is 34.4 Å². The number of carbonyl (C=O) groups excluding carboxylic acids is 1. The van der Waals surface area contributed by atoms with Crippen LogP contribution in [0.25, 0.3) is 11.1 Å². The predicted molar refractivity (Wildman–Crippen MR) is 119 cm³/mol. The molecule has 0 spiro atoms. The highest BCUT2D eigenvalue weighted by molar-refractivity contribution is 5.72. The number of hydrogen-bond donors (Lipinski definition) is 0. The second-order valence-corrected chi connectivity index (χ2v) is 8.04. The fourth-order valence-corrected chi connectivity index (χ4v) is 4.07. The van der Waals surface area contributed by atoms with Gasteiger partial charge in [0.05, 0.1) is 20.1 Å². The second-order valence-electron chi connectivity index (χ2n) is 8.04. The molecule has 2 heterocycles. The summed E-state index contributed by atoms with van der Waals surface area (Å²) < 4.78 is 31.3. The highest BCUT2D eigenvalue weighted by Crippen LogP contribution is 2.37. The van der Waals surface area contributed by atoms with Gasteiger partial charge in [-0.05, 0) is 59.7 Å². The lowest BCUT2D eigenvalue weighted by atomic mass is 9.93. The Labute approximate surface area is 187 Å². The van der Waals surface area contributed by atoms with Crippen molar-refractivity contribution < 1.29 is 23.4 Å². The molecule has 6 heteroatoms. The van der Waals surface area contributed by atoms with Gasteiger partial charge in [0, 0.05) is 17.8 Å². The predicted octanol–water partition coefficient (Wildman–Crippen LogP) is 5.31. The number of halogens is 1. The summed E-state index contributed by atoms with van der Waals surface area (Å²) in [4.78, 5) is 15.8. The molecule has 0 fully saturated rings. The molecular weight excluding hydrogens is 409 g/mol. The van der Waals surface area contributed by atoms with Crippen molar-refractivity contribution >= 4 is 5.97 Å².